The third-order valence-corrected chi connectivity index (χ3v) is 2.37. The number of ether oxygens (including phenoxy) is 1. The van der Waals surface area contributed by atoms with Gasteiger partial charge in [0.15, 0.2) is 0 Å². The maximum absolute atomic E-state index is 9.00. The van der Waals surface area contributed by atoms with Crippen LogP contribution < -0.4 is 10.1 Å². The first-order chi connectivity index (χ1) is 6.35. The van der Waals surface area contributed by atoms with Crippen LogP contribution in [0.15, 0.2) is 18.2 Å². The van der Waals surface area contributed by atoms with Crippen LogP contribution in [0.2, 0.25) is 0 Å². The molecule has 13 heavy (non-hydrogen) atoms. The van der Waals surface area contributed by atoms with Gasteiger partial charge >= 0.3 is 0 Å². The summed E-state index contributed by atoms with van der Waals surface area (Å²) >= 11 is 0. The number of hydrogen-bond acceptors (Lipinski definition) is 3. The van der Waals surface area contributed by atoms with Crippen molar-refractivity contribution in [3.8, 4) is 5.75 Å². The first kappa shape index (κ1) is 8.38. The summed E-state index contributed by atoms with van der Waals surface area (Å²) in [6.07, 6.45) is 0.878. The molecule has 1 atom stereocenters. The van der Waals surface area contributed by atoms with Crippen LogP contribution in [0, 0.1) is 0 Å². The Kier molecular flexibility index (Phi) is 2.10. The van der Waals surface area contributed by atoms with Crippen molar-refractivity contribution in [2.45, 2.75) is 12.5 Å². The summed E-state index contributed by atoms with van der Waals surface area (Å²) in [6.45, 7) is 0.165. The molecule has 0 spiro atoms. The lowest BCUT2D eigenvalue weighted by atomic mass is 10.1. The number of methoxy groups -OCH3 is 1. The molecule has 1 heterocycles. The highest BCUT2D eigenvalue weighted by atomic mass is 16.5. The van der Waals surface area contributed by atoms with Gasteiger partial charge in [0, 0.05) is 0 Å². The SMILES string of the molecule is COc1cccc2c1NC(CO)C2. The van der Waals surface area contributed by atoms with Crippen molar-refractivity contribution in [3.63, 3.8) is 0 Å². The highest BCUT2D eigenvalue weighted by Crippen LogP contribution is 2.34. The Morgan fingerprint density at radius 3 is 3.15 bits per heavy atom. The summed E-state index contributed by atoms with van der Waals surface area (Å²) in [5.74, 6) is 0.855. The van der Waals surface area contributed by atoms with Crippen molar-refractivity contribution in [1.82, 2.24) is 0 Å². The molecule has 2 rings (SSSR count). The molecule has 0 aliphatic carbocycles. The molecule has 0 fully saturated rings. The smallest absolute Gasteiger partial charge is 0.142 e. The molecule has 3 heteroatoms. The molecule has 0 aromatic heterocycles. The van der Waals surface area contributed by atoms with Crippen molar-refractivity contribution in [1.29, 1.82) is 0 Å². The number of aliphatic hydroxyl groups is 1. The number of hydrogen-bond donors (Lipinski definition) is 2. The molecule has 1 aliphatic rings. The van der Waals surface area contributed by atoms with Gasteiger partial charge in [-0.3, -0.25) is 0 Å². The molecule has 1 aliphatic heterocycles. The van der Waals surface area contributed by atoms with E-state index in [1.54, 1.807) is 7.11 Å². The van der Waals surface area contributed by atoms with Gasteiger partial charge in [0.05, 0.1) is 25.4 Å². The largest absolute Gasteiger partial charge is 0.495 e. The fraction of sp³-hybridized carbons (Fsp3) is 0.400. The first-order valence-corrected chi connectivity index (χ1v) is 4.38. The van der Waals surface area contributed by atoms with E-state index in [-0.39, 0.29) is 12.6 Å². The third kappa shape index (κ3) is 1.35. The average molecular weight is 179 g/mol. The van der Waals surface area contributed by atoms with Gasteiger partial charge in [-0.25, -0.2) is 0 Å². The lowest BCUT2D eigenvalue weighted by molar-refractivity contribution is 0.277. The quantitative estimate of drug-likeness (QED) is 0.712. The Morgan fingerprint density at radius 1 is 1.62 bits per heavy atom. The summed E-state index contributed by atoms with van der Waals surface area (Å²) in [5, 5.41) is 12.2. The summed E-state index contributed by atoms with van der Waals surface area (Å²) < 4.78 is 5.21. The minimum Gasteiger partial charge on any atom is -0.495 e. The number of fused-ring (bicyclic) bond motifs is 1. The zero-order valence-corrected chi connectivity index (χ0v) is 7.58. The van der Waals surface area contributed by atoms with Crippen LogP contribution in [0.25, 0.3) is 0 Å². The first-order valence-electron chi connectivity index (χ1n) is 4.38. The van der Waals surface area contributed by atoms with Gasteiger partial charge < -0.3 is 15.2 Å². The van der Waals surface area contributed by atoms with Crippen molar-refractivity contribution in [2.24, 2.45) is 0 Å². The maximum atomic E-state index is 9.00. The standard InChI is InChI=1S/C10H13NO2/c1-13-9-4-2-3-7-5-8(6-12)11-10(7)9/h2-4,8,11-12H,5-6H2,1H3. The van der Waals surface area contributed by atoms with Gasteiger partial charge in [-0.15, -0.1) is 0 Å². The van der Waals surface area contributed by atoms with E-state index in [0.717, 1.165) is 17.9 Å². The van der Waals surface area contributed by atoms with Gasteiger partial charge in [-0.2, -0.15) is 0 Å². The van der Waals surface area contributed by atoms with Crippen molar-refractivity contribution >= 4 is 5.69 Å². The summed E-state index contributed by atoms with van der Waals surface area (Å²) in [6, 6.07) is 6.09. The monoisotopic (exact) mass is 179 g/mol. The zero-order valence-electron chi connectivity index (χ0n) is 7.58. The number of rotatable bonds is 2. The summed E-state index contributed by atoms with van der Waals surface area (Å²) in [7, 11) is 1.66. The van der Waals surface area contributed by atoms with Gasteiger partial charge in [0.1, 0.15) is 5.75 Å². The van der Waals surface area contributed by atoms with Gasteiger partial charge in [-0.1, -0.05) is 12.1 Å². The van der Waals surface area contributed by atoms with Crippen LogP contribution in [0.3, 0.4) is 0 Å². The van der Waals surface area contributed by atoms with Crippen LogP contribution in [0.5, 0.6) is 5.75 Å². The van der Waals surface area contributed by atoms with E-state index < -0.39 is 0 Å². The average Bonchev–Trinajstić information content (AvgIpc) is 2.59. The fourth-order valence-corrected chi connectivity index (χ4v) is 1.71. The molecular weight excluding hydrogens is 166 g/mol. The molecule has 0 saturated carbocycles. The number of benzene rings is 1. The predicted octanol–water partition coefficient (Wildman–Crippen LogP) is 1.02. The van der Waals surface area contributed by atoms with Crippen LogP contribution >= 0.6 is 0 Å². The van der Waals surface area contributed by atoms with Gasteiger partial charge in [-0.05, 0) is 18.1 Å². The Balaban J connectivity index is 2.33. The second-order valence-corrected chi connectivity index (χ2v) is 3.22. The van der Waals surface area contributed by atoms with Gasteiger partial charge in [0.25, 0.3) is 0 Å². The molecule has 0 radical (unpaired) electrons. The minimum absolute atomic E-state index is 0.145. The zero-order chi connectivity index (χ0) is 9.26. The van der Waals surface area contributed by atoms with E-state index in [1.165, 1.54) is 5.56 Å². The number of para-hydroxylation sites is 1. The molecule has 3 nitrogen and oxygen atoms in total. The number of anilines is 1. The minimum atomic E-state index is 0.145. The topological polar surface area (TPSA) is 41.5 Å². The Bertz CT molecular complexity index is 312. The van der Waals surface area contributed by atoms with Crippen LogP contribution in [-0.4, -0.2) is 24.9 Å². The molecule has 2 N–H and O–H groups in total. The Morgan fingerprint density at radius 2 is 2.46 bits per heavy atom. The molecule has 70 valence electrons. The van der Waals surface area contributed by atoms with Crippen molar-refractivity contribution in [2.75, 3.05) is 19.0 Å². The molecule has 1 unspecified atom stereocenters. The van der Waals surface area contributed by atoms with E-state index in [0.29, 0.717) is 0 Å². The lowest BCUT2D eigenvalue weighted by Gasteiger charge is -2.08. The summed E-state index contributed by atoms with van der Waals surface area (Å²) in [4.78, 5) is 0. The van der Waals surface area contributed by atoms with Crippen molar-refractivity contribution < 1.29 is 9.84 Å². The highest BCUT2D eigenvalue weighted by Gasteiger charge is 2.22. The van der Waals surface area contributed by atoms with E-state index in [4.69, 9.17) is 9.84 Å². The molecule has 1 aromatic rings. The van der Waals surface area contributed by atoms with E-state index in [9.17, 15) is 0 Å². The lowest BCUT2D eigenvalue weighted by Crippen LogP contribution is -2.19. The Hall–Kier alpha value is -1.22. The van der Waals surface area contributed by atoms with Crippen LogP contribution in [0.1, 0.15) is 5.56 Å². The highest BCUT2D eigenvalue weighted by molar-refractivity contribution is 5.66. The summed E-state index contributed by atoms with van der Waals surface area (Å²) in [5.41, 5.74) is 2.25. The normalized spacial score (nSPS) is 19.4. The van der Waals surface area contributed by atoms with E-state index in [1.807, 2.05) is 12.1 Å². The van der Waals surface area contributed by atoms with E-state index in [2.05, 4.69) is 11.4 Å². The number of nitrogens with one attached hydrogen (secondary N) is 1. The van der Waals surface area contributed by atoms with Crippen LogP contribution in [0.4, 0.5) is 5.69 Å². The predicted molar refractivity (Wildman–Crippen MR) is 51.2 cm³/mol. The number of aliphatic hydroxyl groups excluding tert-OH is 1. The molecule has 0 saturated heterocycles. The molecular formula is C10H13NO2. The van der Waals surface area contributed by atoms with Crippen molar-refractivity contribution in [3.05, 3.63) is 23.8 Å². The molecule has 0 bridgehead atoms. The second-order valence-electron chi connectivity index (χ2n) is 3.22. The van der Waals surface area contributed by atoms with Crippen LogP contribution in [-0.2, 0) is 6.42 Å². The third-order valence-electron chi connectivity index (χ3n) is 2.37. The van der Waals surface area contributed by atoms with Gasteiger partial charge in [0.2, 0.25) is 0 Å². The van der Waals surface area contributed by atoms with E-state index >= 15 is 0 Å². The maximum Gasteiger partial charge on any atom is 0.142 e. The molecule has 1 aromatic carbocycles. The molecule has 0 amide bonds. The fourth-order valence-electron chi connectivity index (χ4n) is 1.71. The second kappa shape index (κ2) is 3.26. The Labute approximate surface area is 77.3 Å².